The molecule has 0 aliphatic carbocycles. The normalized spacial score (nSPS) is 15.2. The number of anilines is 1. The summed E-state index contributed by atoms with van der Waals surface area (Å²) in [6.07, 6.45) is 6.00. The van der Waals surface area contributed by atoms with Crippen molar-refractivity contribution in [2.45, 2.75) is 19.4 Å². The molecule has 1 aromatic carbocycles. The second-order valence-electron chi connectivity index (χ2n) is 6.64. The number of amides is 1. The van der Waals surface area contributed by atoms with Crippen molar-refractivity contribution in [1.82, 2.24) is 15.2 Å². The topological polar surface area (TPSA) is 57.3 Å². The number of nitrogens with one attached hydrogen (secondary N) is 2. The van der Waals surface area contributed by atoms with E-state index in [0.29, 0.717) is 12.5 Å². The molecule has 132 valence electrons. The highest BCUT2D eigenvalue weighted by molar-refractivity contribution is 5.92. The van der Waals surface area contributed by atoms with Gasteiger partial charge in [0.15, 0.2) is 0 Å². The number of piperidine rings is 1. The zero-order valence-electron chi connectivity index (χ0n) is 14.5. The third-order valence-electron chi connectivity index (χ3n) is 4.53. The van der Waals surface area contributed by atoms with Crippen LogP contribution in [0.4, 0.5) is 5.69 Å². The minimum Gasteiger partial charge on any atom is -0.325 e. The second kappa shape index (κ2) is 9.30. The van der Waals surface area contributed by atoms with Crippen LogP contribution in [0.2, 0.25) is 0 Å². The fourth-order valence-electron chi connectivity index (χ4n) is 3.29. The Kier molecular flexibility index (Phi) is 6.54. The SMILES string of the molecule is O=C(CN(Cc1cccnc1)CC1CCNCC1)Nc1ccccc1. The summed E-state index contributed by atoms with van der Waals surface area (Å²) >= 11 is 0. The van der Waals surface area contributed by atoms with Gasteiger partial charge in [0.25, 0.3) is 0 Å². The van der Waals surface area contributed by atoms with Gasteiger partial charge in [-0.25, -0.2) is 0 Å². The molecule has 3 rings (SSSR count). The van der Waals surface area contributed by atoms with Crippen LogP contribution in [0.3, 0.4) is 0 Å². The summed E-state index contributed by atoms with van der Waals surface area (Å²) in [6.45, 7) is 4.23. The van der Waals surface area contributed by atoms with Crippen LogP contribution in [0, 0.1) is 5.92 Å². The first kappa shape index (κ1) is 17.6. The minimum atomic E-state index is 0.0315. The number of rotatable bonds is 7. The van der Waals surface area contributed by atoms with Crippen molar-refractivity contribution in [3.05, 3.63) is 60.4 Å². The molecule has 1 amide bonds. The Labute approximate surface area is 149 Å². The van der Waals surface area contributed by atoms with Crippen molar-refractivity contribution in [3.63, 3.8) is 0 Å². The zero-order valence-corrected chi connectivity index (χ0v) is 14.5. The minimum absolute atomic E-state index is 0.0315. The average molecular weight is 338 g/mol. The van der Waals surface area contributed by atoms with Crippen molar-refractivity contribution in [1.29, 1.82) is 0 Å². The number of benzene rings is 1. The molecule has 1 fully saturated rings. The molecule has 0 saturated carbocycles. The number of nitrogens with zero attached hydrogens (tertiary/aromatic N) is 2. The lowest BCUT2D eigenvalue weighted by molar-refractivity contribution is -0.117. The van der Waals surface area contributed by atoms with Gasteiger partial charge in [0, 0.05) is 31.2 Å². The van der Waals surface area contributed by atoms with Gasteiger partial charge in [-0.3, -0.25) is 14.7 Å². The van der Waals surface area contributed by atoms with Gasteiger partial charge in [0.2, 0.25) is 5.91 Å². The van der Waals surface area contributed by atoms with Crippen LogP contribution < -0.4 is 10.6 Å². The smallest absolute Gasteiger partial charge is 0.238 e. The molecule has 5 heteroatoms. The fraction of sp³-hybridized carbons (Fsp3) is 0.400. The van der Waals surface area contributed by atoms with Gasteiger partial charge in [-0.2, -0.15) is 0 Å². The fourth-order valence-corrected chi connectivity index (χ4v) is 3.29. The number of aromatic nitrogens is 1. The molecule has 5 nitrogen and oxygen atoms in total. The van der Waals surface area contributed by atoms with Gasteiger partial charge in [-0.1, -0.05) is 24.3 Å². The lowest BCUT2D eigenvalue weighted by Crippen LogP contribution is -2.39. The lowest BCUT2D eigenvalue weighted by Gasteiger charge is -2.29. The summed E-state index contributed by atoms with van der Waals surface area (Å²) in [4.78, 5) is 18.9. The van der Waals surface area contributed by atoms with Crippen molar-refractivity contribution >= 4 is 11.6 Å². The number of hydrogen-bond acceptors (Lipinski definition) is 4. The molecule has 1 saturated heterocycles. The Balaban J connectivity index is 1.61. The summed E-state index contributed by atoms with van der Waals surface area (Å²) in [7, 11) is 0. The van der Waals surface area contributed by atoms with Gasteiger partial charge < -0.3 is 10.6 Å². The summed E-state index contributed by atoms with van der Waals surface area (Å²) in [5, 5.41) is 6.39. The molecule has 1 aliphatic rings. The quantitative estimate of drug-likeness (QED) is 0.814. The Morgan fingerprint density at radius 3 is 2.68 bits per heavy atom. The van der Waals surface area contributed by atoms with E-state index in [2.05, 4.69) is 26.6 Å². The monoisotopic (exact) mass is 338 g/mol. The van der Waals surface area contributed by atoms with E-state index in [9.17, 15) is 4.79 Å². The summed E-state index contributed by atoms with van der Waals surface area (Å²) in [5.41, 5.74) is 1.99. The van der Waals surface area contributed by atoms with Crippen molar-refractivity contribution in [2.24, 2.45) is 5.92 Å². The Morgan fingerprint density at radius 1 is 1.16 bits per heavy atom. The maximum atomic E-state index is 12.5. The van der Waals surface area contributed by atoms with Crippen LogP contribution in [0.15, 0.2) is 54.9 Å². The summed E-state index contributed by atoms with van der Waals surface area (Å²) in [6, 6.07) is 13.6. The predicted octanol–water partition coefficient (Wildman–Crippen LogP) is 2.52. The van der Waals surface area contributed by atoms with Crippen molar-refractivity contribution in [2.75, 3.05) is 31.5 Å². The zero-order chi connectivity index (χ0) is 17.3. The lowest BCUT2D eigenvalue weighted by atomic mass is 9.97. The molecule has 0 unspecified atom stereocenters. The number of pyridine rings is 1. The highest BCUT2D eigenvalue weighted by atomic mass is 16.2. The molecule has 25 heavy (non-hydrogen) atoms. The molecule has 0 radical (unpaired) electrons. The largest absolute Gasteiger partial charge is 0.325 e. The van der Waals surface area contributed by atoms with Gasteiger partial charge >= 0.3 is 0 Å². The van der Waals surface area contributed by atoms with E-state index in [4.69, 9.17) is 0 Å². The third-order valence-corrected chi connectivity index (χ3v) is 4.53. The number of hydrogen-bond donors (Lipinski definition) is 2. The molecular formula is C20H26N4O. The third kappa shape index (κ3) is 5.96. The molecule has 0 bridgehead atoms. The number of para-hydroxylation sites is 1. The standard InChI is InChI=1S/C20H26N4O/c25-20(23-19-6-2-1-3-7-19)16-24(14-17-8-11-21-12-9-17)15-18-5-4-10-22-13-18/h1-7,10,13,17,21H,8-9,11-12,14-16H2,(H,23,25). The van der Waals surface area contributed by atoms with Crippen LogP contribution in [-0.2, 0) is 11.3 Å². The molecule has 2 N–H and O–H groups in total. The highest BCUT2D eigenvalue weighted by Crippen LogP contribution is 2.15. The maximum Gasteiger partial charge on any atom is 0.238 e. The summed E-state index contributed by atoms with van der Waals surface area (Å²) in [5.74, 6) is 0.673. The average Bonchev–Trinajstić information content (AvgIpc) is 2.64. The van der Waals surface area contributed by atoms with Crippen molar-refractivity contribution < 1.29 is 4.79 Å². The van der Waals surface area contributed by atoms with E-state index in [0.717, 1.165) is 37.4 Å². The van der Waals surface area contributed by atoms with E-state index in [1.165, 1.54) is 12.8 Å². The van der Waals surface area contributed by atoms with E-state index in [1.54, 1.807) is 6.20 Å². The first-order valence-electron chi connectivity index (χ1n) is 8.96. The Bertz CT molecular complexity index is 641. The number of carbonyl (C=O) groups excluding carboxylic acids is 1. The molecule has 2 aromatic rings. The Morgan fingerprint density at radius 2 is 1.96 bits per heavy atom. The first-order chi connectivity index (χ1) is 12.3. The van der Waals surface area contributed by atoms with Crippen molar-refractivity contribution in [3.8, 4) is 0 Å². The van der Waals surface area contributed by atoms with Crippen LogP contribution in [0.1, 0.15) is 18.4 Å². The van der Waals surface area contributed by atoms with Gasteiger partial charge in [0.05, 0.1) is 6.54 Å². The molecule has 1 aliphatic heterocycles. The van der Waals surface area contributed by atoms with E-state index in [-0.39, 0.29) is 5.91 Å². The van der Waals surface area contributed by atoms with Gasteiger partial charge in [0.1, 0.15) is 0 Å². The molecule has 2 heterocycles. The first-order valence-corrected chi connectivity index (χ1v) is 8.96. The Hall–Kier alpha value is -2.24. The highest BCUT2D eigenvalue weighted by Gasteiger charge is 2.19. The van der Waals surface area contributed by atoms with Crippen LogP contribution in [0.25, 0.3) is 0 Å². The van der Waals surface area contributed by atoms with E-state index in [1.807, 2.05) is 42.6 Å². The number of carbonyl (C=O) groups is 1. The molecule has 0 atom stereocenters. The molecule has 0 spiro atoms. The van der Waals surface area contributed by atoms with E-state index < -0.39 is 0 Å². The predicted molar refractivity (Wildman–Crippen MR) is 100 cm³/mol. The van der Waals surface area contributed by atoms with E-state index >= 15 is 0 Å². The van der Waals surface area contributed by atoms with Gasteiger partial charge in [-0.15, -0.1) is 0 Å². The summed E-state index contributed by atoms with van der Waals surface area (Å²) < 4.78 is 0. The molecular weight excluding hydrogens is 312 g/mol. The second-order valence-corrected chi connectivity index (χ2v) is 6.64. The molecule has 1 aromatic heterocycles. The van der Waals surface area contributed by atoms with Crippen LogP contribution >= 0.6 is 0 Å². The van der Waals surface area contributed by atoms with Crippen LogP contribution in [-0.4, -0.2) is 42.0 Å². The maximum absolute atomic E-state index is 12.5. The van der Waals surface area contributed by atoms with Crippen LogP contribution in [0.5, 0.6) is 0 Å². The van der Waals surface area contributed by atoms with Gasteiger partial charge in [-0.05, 0) is 55.6 Å².